The molecule has 0 unspecified atom stereocenters. The fourth-order valence-corrected chi connectivity index (χ4v) is 5.55. The Morgan fingerprint density at radius 2 is 1.94 bits per heavy atom. The molecule has 0 bridgehead atoms. The Kier molecular flexibility index (Phi) is 4.46. The van der Waals surface area contributed by atoms with E-state index in [0.29, 0.717) is 35.2 Å². The largest absolute Gasteiger partial charge is 0.477 e. The number of carbonyl (C=O) groups is 3. The van der Waals surface area contributed by atoms with E-state index >= 15 is 0 Å². The number of carboxylic acids is 1. The molecule has 0 saturated carbocycles. The van der Waals surface area contributed by atoms with Crippen LogP contribution >= 0.6 is 0 Å². The summed E-state index contributed by atoms with van der Waals surface area (Å²) in [6.07, 6.45) is 2.61. The molecule has 10 nitrogen and oxygen atoms in total. The quantitative estimate of drug-likeness (QED) is 0.219. The highest BCUT2D eigenvalue weighted by atomic mass is 16.4. The van der Waals surface area contributed by atoms with E-state index in [-0.39, 0.29) is 23.4 Å². The zero-order valence-electron chi connectivity index (χ0n) is 18.8. The third-order valence-electron chi connectivity index (χ3n) is 7.11. The molecular formula is C25H22N5O5+. The number of carbonyl (C=O) groups excluding carboxylic acids is 2. The van der Waals surface area contributed by atoms with E-state index in [9.17, 15) is 24.6 Å². The summed E-state index contributed by atoms with van der Waals surface area (Å²) in [5.41, 5.74) is 4.68. The summed E-state index contributed by atoms with van der Waals surface area (Å²) >= 11 is 0. The molecule has 3 heterocycles. The van der Waals surface area contributed by atoms with E-state index in [2.05, 4.69) is 5.10 Å². The highest BCUT2D eigenvalue weighted by Gasteiger charge is 2.56. The zero-order chi connectivity index (χ0) is 24.6. The first kappa shape index (κ1) is 21.2. The number of β-lactam (4-membered cyclic amide) rings is 1. The Bertz CT molecular complexity index is 1490. The van der Waals surface area contributed by atoms with Gasteiger partial charge in [0.1, 0.15) is 12.2 Å². The van der Waals surface area contributed by atoms with Crippen molar-refractivity contribution in [2.45, 2.75) is 32.0 Å². The monoisotopic (exact) mass is 472 g/mol. The highest BCUT2D eigenvalue weighted by molar-refractivity contribution is 6.22. The first-order valence-electron chi connectivity index (χ1n) is 11.2. The predicted molar refractivity (Wildman–Crippen MR) is 122 cm³/mol. The van der Waals surface area contributed by atoms with Gasteiger partial charge in [-0.25, -0.2) is 4.79 Å². The van der Waals surface area contributed by atoms with E-state index < -0.39 is 18.0 Å². The zero-order valence-corrected chi connectivity index (χ0v) is 18.8. The van der Waals surface area contributed by atoms with Crippen LogP contribution in [0.4, 0.5) is 0 Å². The Morgan fingerprint density at radius 1 is 1.17 bits per heavy atom. The van der Waals surface area contributed by atoms with Gasteiger partial charge in [-0.05, 0) is 59.4 Å². The number of hydrogen-bond acceptors (Lipinski definition) is 6. The molecule has 1 amide bonds. The summed E-state index contributed by atoms with van der Waals surface area (Å²) in [5.74, 6) is 3.40. The van der Waals surface area contributed by atoms with Crippen molar-refractivity contribution in [1.82, 2.24) is 14.7 Å². The number of nitrogens with zero attached hydrogens (tertiary/aromatic N) is 4. The summed E-state index contributed by atoms with van der Waals surface area (Å²) in [4.78, 5) is 39.1. The standard InChI is InChI=1S/C25H21N5O5/c1-12(31)21-20-8-17(22(25(34)35)30(20)24(21)33)14-3-5-16-18(7-14)15-4-2-13(6-19(15)23(16)32)9-29-11-28(26)10-27-29/h2-7,10-12,20-21,31H,8-9,26H2,1H3/p+1/t12-,20-,21-/m1/s1. The van der Waals surface area contributed by atoms with E-state index in [0.717, 1.165) is 16.7 Å². The smallest absolute Gasteiger partial charge is 0.352 e. The van der Waals surface area contributed by atoms with Crippen molar-refractivity contribution in [1.29, 1.82) is 0 Å². The number of nitrogens with two attached hydrogens (primary N) is 1. The van der Waals surface area contributed by atoms with Crippen LogP contribution < -0.4 is 10.5 Å². The van der Waals surface area contributed by atoms with Gasteiger partial charge in [0.15, 0.2) is 5.78 Å². The minimum absolute atomic E-state index is 0.0480. The van der Waals surface area contributed by atoms with Gasteiger partial charge >= 0.3 is 5.97 Å². The number of fused-ring (bicyclic) bond motifs is 4. The summed E-state index contributed by atoms with van der Waals surface area (Å²) in [6, 6.07) is 10.6. The molecular weight excluding hydrogens is 450 g/mol. The number of aliphatic hydroxyl groups is 1. The summed E-state index contributed by atoms with van der Waals surface area (Å²) in [7, 11) is 0. The molecule has 1 aromatic heterocycles. The van der Waals surface area contributed by atoms with Crippen molar-refractivity contribution < 1.29 is 29.3 Å². The second-order valence-corrected chi connectivity index (χ2v) is 9.24. The molecule has 0 radical (unpaired) electrons. The normalized spacial score (nSPS) is 21.0. The van der Waals surface area contributed by atoms with Gasteiger partial charge in [0, 0.05) is 16.2 Å². The Hall–Kier alpha value is -4.31. The maximum Gasteiger partial charge on any atom is 0.352 e. The van der Waals surface area contributed by atoms with Crippen molar-refractivity contribution >= 4 is 23.2 Å². The number of amides is 1. The van der Waals surface area contributed by atoms with Gasteiger partial charge in [-0.2, -0.15) is 0 Å². The van der Waals surface area contributed by atoms with Gasteiger partial charge in [-0.15, -0.1) is 9.36 Å². The molecule has 35 heavy (non-hydrogen) atoms. The lowest BCUT2D eigenvalue weighted by Crippen LogP contribution is -2.61. The molecule has 2 aromatic carbocycles. The lowest BCUT2D eigenvalue weighted by molar-refractivity contribution is -0.639. The molecule has 10 heteroatoms. The molecule has 0 spiro atoms. The first-order valence-corrected chi connectivity index (χ1v) is 11.2. The SMILES string of the molecule is C[C@@H](O)[C@H]1C(=O)N2C(C(=O)O)=C(c3ccc4c(c3)-c3ccc(Cn5c[n+](N)cn5)cc3C4=O)C[C@H]12. The number of aromatic nitrogens is 3. The van der Waals surface area contributed by atoms with Crippen molar-refractivity contribution in [2.75, 3.05) is 5.84 Å². The highest BCUT2D eigenvalue weighted by Crippen LogP contribution is 2.48. The van der Waals surface area contributed by atoms with Crippen molar-refractivity contribution in [2.24, 2.45) is 5.92 Å². The minimum Gasteiger partial charge on any atom is -0.477 e. The van der Waals surface area contributed by atoms with Crippen LogP contribution in [0.25, 0.3) is 16.7 Å². The van der Waals surface area contributed by atoms with Crippen LogP contribution in [-0.4, -0.2) is 54.7 Å². The number of rotatable bonds is 5. The van der Waals surface area contributed by atoms with Crippen LogP contribution in [-0.2, 0) is 16.1 Å². The molecule has 1 saturated heterocycles. The number of nitrogen functional groups attached to an aromatic ring is 1. The molecule has 6 rings (SSSR count). The van der Waals surface area contributed by atoms with E-state index in [1.165, 1.54) is 15.9 Å². The van der Waals surface area contributed by atoms with Crippen LogP contribution in [0.15, 0.2) is 54.7 Å². The summed E-state index contributed by atoms with van der Waals surface area (Å²) < 4.78 is 3.01. The summed E-state index contributed by atoms with van der Waals surface area (Å²) in [5, 5.41) is 24.0. The van der Waals surface area contributed by atoms with Crippen molar-refractivity contribution in [3.8, 4) is 11.1 Å². The molecule has 4 N–H and O–H groups in total. The number of aliphatic hydroxyl groups excluding tert-OH is 1. The number of hydrogen-bond donors (Lipinski definition) is 3. The minimum atomic E-state index is -1.18. The predicted octanol–water partition coefficient (Wildman–Crippen LogP) is 0.551. The molecule has 2 aliphatic heterocycles. The van der Waals surface area contributed by atoms with Crippen LogP contribution in [0.1, 0.15) is 40.4 Å². The number of ketones is 1. The second-order valence-electron chi connectivity index (χ2n) is 9.24. The third-order valence-corrected chi connectivity index (χ3v) is 7.11. The number of benzene rings is 2. The Balaban J connectivity index is 1.38. The van der Waals surface area contributed by atoms with Crippen LogP contribution in [0.2, 0.25) is 0 Å². The molecule has 1 fully saturated rings. The maximum absolute atomic E-state index is 13.1. The molecule has 3 aromatic rings. The van der Waals surface area contributed by atoms with E-state index in [1.807, 2.05) is 24.3 Å². The first-order chi connectivity index (χ1) is 16.7. The topological polar surface area (TPSA) is 143 Å². The van der Waals surface area contributed by atoms with Crippen LogP contribution in [0.3, 0.4) is 0 Å². The van der Waals surface area contributed by atoms with Crippen molar-refractivity contribution in [3.05, 3.63) is 77.0 Å². The number of carboxylic acid groups (broad SMARTS) is 1. The molecule has 176 valence electrons. The average molecular weight is 472 g/mol. The summed E-state index contributed by atoms with van der Waals surface area (Å²) in [6.45, 7) is 2.00. The van der Waals surface area contributed by atoms with Gasteiger partial charge in [-0.1, -0.05) is 18.2 Å². The third kappa shape index (κ3) is 3.03. The Morgan fingerprint density at radius 3 is 2.63 bits per heavy atom. The van der Waals surface area contributed by atoms with Gasteiger partial charge in [-0.3, -0.25) is 15.4 Å². The molecule has 1 aliphatic carbocycles. The fourth-order valence-electron chi connectivity index (χ4n) is 5.55. The van der Waals surface area contributed by atoms with Gasteiger partial charge in [0.05, 0.1) is 18.1 Å². The van der Waals surface area contributed by atoms with E-state index in [4.69, 9.17) is 5.84 Å². The molecule has 3 atom stereocenters. The van der Waals surface area contributed by atoms with Gasteiger partial charge in [0.25, 0.3) is 6.33 Å². The van der Waals surface area contributed by atoms with Gasteiger partial charge in [0.2, 0.25) is 12.2 Å². The maximum atomic E-state index is 13.1. The van der Waals surface area contributed by atoms with Crippen LogP contribution in [0, 0.1) is 5.92 Å². The second kappa shape index (κ2) is 7.34. The van der Waals surface area contributed by atoms with Crippen LogP contribution in [0.5, 0.6) is 0 Å². The Labute approximate surface area is 199 Å². The van der Waals surface area contributed by atoms with E-state index in [1.54, 1.807) is 30.1 Å². The lowest BCUT2D eigenvalue weighted by atomic mass is 9.82. The van der Waals surface area contributed by atoms with Crippen molar-refractivity contribution in [3.63, 3.8) is 0 Å². The number of aliphatic carboxylic acids is 1. The average Bonchev–Trinajstić information content (AvgIpc) is 3.46. The fraction of sp³-hybridized carbons (Fsp3) is 0.240. The molecule has 3 aliphatic rings. The van der Waals surface area contributed by atoms with Gasteiger partial charge < -0.3 is 15.1 Å². The lowest BCUT2D eigenvalue weighted by Gasteiger charge is -2.44.